The van der Waals surface area contributed by atoms with Crippen LogP contribution in [0.5, 0.6) is 0 Å². The van der Waals surface area contributed by atoms with Crippen LogP contribution in [0.25, 0.3) is 0 Å². The van der Waals surface area contributed by atoms with E-state index < -0.39 is 0 Å². The first-order valence-electron chi connectivity index (χ1n) is 6.34. The molecule has 4 nitrogen and oxygen atoms in total. The number of aliphatic hydroxyl groups excluding tert-OH is 1. The summed E-state index contributed by atoms with van der Waals surface area (Å²) >= 11 is 0. The summed E-state index contributed by atoms with van der Waals surface area (Å²) in [6.45, 7) is 7.90. The van der Waals surface area contributed by atoms with E-state index in [0.29, 0.717) is 19.8 Å². The Bertz CT molecular complexity index is 133. The molecule has 0 aromatic rings. The Morgan fingerprint density at radius 3 is 2.44 bits per heavy atom. The van der Waals surface area contributed by atoms with E-state index in [9.17, 15) is 0 Å². The average molecular weight is 233 g/mol. The van der Waals surface area contributed by atoms with E-state index in [2.05, 4.69) is 19.2 Å². The van der Waals surface area contributed by atoms with Crippen LogP contribution in [0.15, 0.2) is 0 Å². The fourth-order valence-electron chi connectivity index (χ4n) is 1.22. The molecule has 0 aromatic carbocycles. The smallest absolute Gasteiger partial charge is 0.0701 e. The Morgan fingerprint density at radius 1 is 1.06 bits per heavy atom. The Kier molecular flexibility index (Phi) is 12.8. The summed E-state index contributed by atoms with van der Waals surface area (Å²) in [5.74, 6) is 0. The van der Waals surface area contributed by atoms with Gasteiger partial charge in [-0.25, -0.2) is 0 Å². The van der Waals surface area contributed by atoms with Crippen molar-refractivity contribution in [1.82, 2.24) is 5.32 Å². The van der Waals surface area contributed by atoms with Crippen LogP contribution in [0.3, 0.4) is 0 Å². The molecule has 0 aromatic heterocycles. The zero-order valence-corrected chi connectivity index (χ0v) is 10.7. The highest BCUT2D eigenvalue weighted by molar-refractivity contribution is 4.63. The molecule has 0 radical (unpaired) electrons. The molecular weight excluding hydrogens is 206 g/mol. The molecule has 0 fully saturated rings. The van der Waals surface area contributed by atoms with E-state index in [1.165, 1.54) is 0 Å². The molecular formula is C12H27NO3. The predicted molar refractivity (Wildman–Crippen MR) is 65.7 cm³/mol. The van der Waals surface area contributed by atoms with Crippen molar-refractivity contribution in [1.29, 1.82) is 0 Å². The zero-order chi connectivity index (χ0) is 12.1. The maximum absolute atomic E-state index is 9.05. The number of nitrogens with one attached hydrogen (secondary N) is 1. The van der Waals surface area contributed by atoms with Gasteiger partial charge in [0.2, 0.25) is 0 Å². The van der Waals surface area contributed by atoms with Gasteiger partial charge in [0.25, 0.3) is 0 Å². The van der Waals surface area contributed by atoms with E-state index in [-0.39, 0.29) is 12.6 Å². The molecule has 1 atom stereocenters. The summed E-state index contributed by atoms with van der Waals surface area (Å²) in [5, 5.41) is 12.3. The first-order chi connectivity index (χ1) is 7.85. The molecule has 0 saturated heterocycles. The van der Waals surface area contributed by atoms with Crippen LogP contribution < -0.4 is 5.32 Å². The molecule has 16 heavy (non-hydrogen) atoms. The van der Waals surface area contributed by atoms with Gasteiger partial charge in [0, 0.05) is 6.61 Å². The molecule has 0 aliphatic rings. The third-order valence-electron chi connectivity index (χ3n) is 2.24. The zero-order valence-electron chi connectivity index (χ0n) is 10.7. The van der Waals surface area contributed by atoms with Gasteiger partial charge in [-0.3, -0.25) is 0 Å². The normalized spacial score (nSPS) is 12.9. The van der Waals surface area contributed by atoms with Crippen LogP contribution >= 0.6 is 0 Å². The Hall–Kier alpha value is -0.160. The first kappa shape index (κ1) is 15.8. The van der Waals surface area contributed by atoms with Gasteiger partial charge in [-0.15, -0.1) is 0 Å². The Morgan fingerprint density at radius 2 is 1.81 bits per heavy atom. The monoisotopic (exact) mass is 233 g/mol. The van der Waals surface area contributed by atoms with E-state index in [1.54, 1.807) is 0 Å². The minimum atomic E-state index is 0.0515. The lowest BCUT2D eigenvalue weighted by atomic mass is 10.3. The van der Waals surface area contributed by atoms with Gasteiger partial charge >= 0.3 is 0 Å². The van der Waals surface area contributed by atoms with E-state index in [1.807, 2.05) is 0 Å². The van der Waals surface area contributed by atoms with Crippen molar-refractivity contribution in [3.63, 3.8) is 0 Å². The number of hydrogen-bond acceptors (Lipinski definition) is 4. The second-order valence-corrected chi connectivity index (χ2v) is 3.87. The molecule has 0 amide bonds. The van der Waals surface area contributed by atoms with Crippen LogP contribution in [0.1, 0.15) is 33.1 Å². The average Bonchev–Trinajstić information content (AvgIpc) is 2.32. The highest BCUT2D eigenvalue weighted by Crippen LogP contribution is 1.89. The Balaban J connectivity index is 3.20. The molecule has 0 heterocycles. The van der Waals surface area contributed by atoms with Gasteiger partial charge in [0.1, 0.15) is 0 Å². The minimum absolute atomic E-state index is 0.0515. The fourth-order valence-corrected chi connectivity index (χ4v) is 1.22. The summed E-state index contributed by atoms with van der Waals surface area (Å²) in [7, 11) is 0. The van der Waals surface area contributed by atoms with Gasteiger partial charge < -0.3 is 19.9 Å². The molecule has 0 saturated carbocycles. The van der Waals surface area contributed by atoms with Crippen molar-refractivity contribution in [3.05, 3.63) is 0 Å². The Labute approximate surface area is 99.3 Å². The molecule has 0 rings (SSSR count). The molecule has 0 aliphatic heterocycles. The van der Waals surface area contributed by atoms with Gasteiger partial charge in [0.15, 0.2) is 0 Å². The topological polar surface area (TPSA) is 50.7 Å². The predicted octanol–water partition coefficient (Wildman–Crippen LogP) is 1.18. The van der Waals surface area contributed by atoms with Crippen LogP contribution in [0, 0.1) is 0 Å². The van der Waals surface area contributed by atoms with Gasteiger partial charge in [-0.05, 0) is 19.4 Å². The maximum Gasteiger partial charge on any atom is 0.0701 e. The molecule has 0 bridgehead atoms. The van der Waals surface area contributed by atoms with Crippen molar-refractivity contribution in [2.75, 3.05) is 39.6 Å². The lowest BCUT2D eigenvalue weighted by Crippen LogP contribution is -2.37. The standard InChI is InChI=1S/C12H27NO3/c1-3-5-7-15-8-9-16-11-12(10-14)13-6-4-2/h12-14H,3-11H2,1-2H3. The summed E-state index contributed by atoms with van der Waals surface area (Å²) in [6, 6.07) is 0.0515. The molecule has 0 aliphatic carbocycles. The summed E-state index contributed by atoms with van der Waals surface area (Å²) in [5.41, 5.74) is 0. The van der Waals surface area contributed by atoms with E-state index in [0.717, 1.165) is 32.4 Å². The molecule has 2 N–H and O–H groups in total. The number of unbranched alkanes of at least 4 members (excludes halogenated alkanes) is 1. The van der Waals surface area contributed by atoms with Crippen molar-refractivity contribution < 1.29 is 14.6 Å². The van der Waals surface area contributed by atoms with Crippen molar-refractivity contribution >= 4 is 0 Å². The third-order valence-corrected chi connectivity index (χ3v) is 2.24. The summed E-state index contributed by atoms with van der Waals surface area (Å²) < 4.78 is 10.8. The maximum atomic E-state index is 9.05. The highest BCUT2D eigenvalue weighted by Gasteiger charge is 2.05. The van der Waals surface area contributed by atoms with Gasteiger partial charge in [-0.2, -0.15) is 0 Å². The second-order valence-electron chi connectivity index (χ2n) is 3.87. The largest absolute Gasteiger partial charge is 0.395 e. The van der Waals surface area contributed by atoms with Crippen LogP contribution in [0.4, 0.5) is 0 Å². The molecule has 98 valence electrons. The number of rotatable bonds is 12. The quantitative estimate of drug-likeness (QED) is 0.497. The van der Waals surface area contributed by atoms with Crippen LogP contribution in [-0.4, -0.2) is 50.7 Å². The number of hydrogen-bond donors (Lipinski definition) is 2. The van der Waals surface area contributed by atoms with Crippen LogP contribution in [-0.2, 0) is 9.47 Å². The first-order valence-corrected chi connectivity index (χ1v) is 6.34. The van der Waals surface area contributed by atoms with Crippen molar-refractivity contribution in [3.8, 4) is 0 Å². The fraction of sp³-hybridized carbons (Fsp3) is 1.00. The van der Waals surface area contributed by atoms with E-state index in [4.69, 9.17) is 14.6 Å². The van der Waals surface area contributed by atoms with Crippen LogP contribution in [0.2, 0.25) is 0 Å². The summed E-state index contributed by atoms with van der Waals surface area (Å²) in [6.07, 6.45) is 3.34. The SMILES string of the molecule is CCCCOCCOCC(CO)NCCC. The lowest BCUT2D eigenvalue weighted by molar-refractivity contribution is 0.0311. The summed E-state index contributed by atoms with van der Waals surface area (Å²) in [4.78, 5) is 0. The second kappa shape index (κ2) is 12.9. The van der Waals surface area contributed by atoms with E-state index >= 15 is 0 Å². The lowest BCUT2D eigenvalue weighted by Gasteiger charge is -2.15. The molecule has 4 heteroatoms. The van der Waals surface area contributed by atoms with Gasteiger partial charge in [0.05, 0.1) is 32.5 Å². The number of ether oxygens (including phenoxy) is 2. The molecule has 0 spiro atoms. The number of aliphatic hydroxyl groups is 1. The van der Waals surface area contributed by atoms with Crippen molar-refractivity contribution in [2.45, 2.75) is 39.2 Å². The van der Waals surface area contributed by atoms with Gasteiger partial charge in [-0.1, -0.05) is 20.3 Å². The van der Waals surface area contributed by atoms with Crippen molar-refractivity contribution in [2.24, 2.45) is 0 Å². The third kappa shape index (κ3) is 10.4. The molecule has 1 unspecified atom stereocenters. The highest BCUT2D eigenvalue weighted by atomic mass is 16.5. The minimum Gasteiger partial charge on any atom is -0.395 e.